The molecule has 2 aromatic rings. The van der Waals surface area contributed by atoms with E-state index in [9.17, 15) is 9.59 Å². The summed E-state index contributed by atoms with van der Waals surface area (Å²) in [5, 5.41) is 7.03. The van der Waals surface area contributed by atoms with Crippen LogP contribution in [0.3, 0.4) is 0 Å². The third-order valence-corrected chi connectivity index (χ3v) is 6.59. The first kappa shape index (κ1) is 33.5. The molecule has 2 N–H and O–H groups in total. The lowest BCUT2D eigenvalue weighted by molar-refractivity contribution is 0.0858. The molecule has 0 saturated heterocycles. The zero-order valence-corrected chi connectivity index (χ0v) is 26.1. The van der Waals surface area contributed by atoms with Gasteiger partial charge in [0, 0.05) is 47.1 Å². The zero-order valence-electron chi connectivity index (χ0n) is 26.1. The molecular formula is C34H52N2O4. The van der Waals surface area contributed by atoms with Crippen LogP contribution in [0.15, 0.2) is 48.5 Å². The first-order chi connectivity index (χ1) is 18.8. The molecule has 2 aromatic carbocycles. The molecule has 0 fully saturated rings. The Morgan fingerprint density at radius 3 is 1.23 bits per heavy atom. The molecule has 0 aliphatic carbocycles. The van der Waals surface area contributed by atoms with Crippen molar-refractivity contribution in [1.29, 1.82) is 0 Å². The lowest BCUT2D eigenvalue weighted by Crippen LogP contribution is -2.42. The van der Waals surface area contributed by atoms with Crippen molar-refractivity contribution in [1.82, 2.24) is 10.6 Å². The van der Waals surface area contributed by atoms with Gasteiger partial charge in [-0.25, -0.2) is 0 Å². The molecule has 0 bridgehead atoms. The number of benzene rings is 2. The summed E-state index contributed by atoms with van der Waals surface area (Å²) in [6.45, 7) is 19.1. The Bertz CT molecular complexity index is 948. The van der Waals surface area contributed by atoms with Gasteiger partial charge in [0.1, 0.15) is 11.5 Å². The van der Waals surface area contributed by atoms with Gasteiger partial charge in [-0.3, -0.25) is 9.59 Å². The quantitative estimate of drug-likeness (QED) is 0.204. The fourth-order valence-corrected chi connectivity index (χ4v) is 4.25. The van der Waals surface area contributed by atoms with Crippen LogP contribution >= 0.6 is 0 Å². The van der Waals surface area contributed by atoms with E-state index in [0.717, 1.165) is 24.3 Å². The molecular weight excluding hydrogens is 500 g/mol. The fourth-order valence-electron chi connectivity index (χ4n) is 4.25. The standard InChI is InChI=1S/C34H52N2O4/c1-9-21-39-29-17-13-25(14-18-29)31(37)27(23-35-33(3,4)5)11-12-28(24-36-34(6,7)8)32(38)26-15-19-30(20-16-26)40-22-10-2/h13-20,27-28,35-36H,9-12,21-24H2,1-8H3/t27-,28-/m1/s1. The largest absolute Gasteiger partial charge is 0.494 e. The Kier molecular flexibility index (Phi) is 13.3. The highest BCUT2D eigenvalue weighted by molar-refractivity contribution is 5.99. The summed E-state index contributed by atoms with van der Waals surface area (Å²) in [5.41, 5.74) is 1.09. The van der Waals surface area contributed by atoms with Crippen LogP contribution in [0.4, 0.5) is 0 Å². The molecule has 0 saturated carbocycles. The molecule has 0 unspecified atom stereocenters. The molecule has 0 aliphatic rings. The number of carbonyl (C=O) groups is 2. The van der Waals surface area contributed by atoms with Gasteiger partial charge in [0.25, 0.3) is 0 Å². The number of nitrogens with one attached hydrogen (secondary N) is 2. The molecule has 0 heterocycles. The van der Waals surface area contributed by atoms with Crippen LogP contribution in [0.25, 0.3) is 0 Å². The van der Waals surface area contributed by atoms with Crippen LogP contribution in [-0.2, 0) is 0 Å². The van der Waals surface area contributed by atoms with Crippen molar-refractivity contribution in [3.8, 4) is 11.5 Å². The average molecular weight is 553 g/mol. The minimum Gasteiger partial charge on any atom is -0.494 e. The van der Waals surface area contributed by atoms with Gasteiger partial charge in [-0.05, 0) is 116 Å². The number of rotatable bonds is 17. The van der Waals surface area contributed by atoms with Gasteiger partial charge < -0.3 is 20.1 Å². The van der Waals surface area contributed by atoms with Crippen LogP contribution in [0.2, 0.25) is 0 Å². The van der Waals surface area contributed by atoms with Crippen molar-refractivity contribution in [2.24, 2.45) is 11.8 Å². The molecule has 6 nitrogen and oxygen atoms in total. The number of ether oxygens (including phenoxy) is 2. The predicted octanol–water partition coefficient (Wildman–Crippen LogP) is 7.12. The first-order valence-corrected chi connectivity index (χ1v) is 14.9. The minimum absolute atomic E-state index is 0.0891. The average Bonchev–Trinajstić information content (AvgIpc) is 2.91. The molecule has 0 radical (unpaired) electrons. The van der Waals surface area contributed by atoms with E-state index in [1.165, 1.54) is 0 Å². The molecule has 2 atom stereocenters. The molecule has 0 aromatic heterocycles. The minimum atomic E-state index is -0.253. The number of carbonyl (C=O) groups excluding carboxylic acids is 2. The van der Waals surface area contributed by atoms with Crippen molar-refractivity contribution in [3.63, 3.8) is 0 Å². The van der Waals surface area contributed by atoms with Gasteiger partial charge in [0.05, 0.1) is 13.2 Å². The Morgan fingerprint density at radius 2 is 0.950 bits per heavy atom. The van der Waals surface area contributed by atoms with E-state index in [1.807, 2.05) is 48.5 Å². The van der Waals surface area contributed by atoms with Gasteiger partial charge >= 0.3 is 0 Å². The third-order valence-electron chi connectivity index (χ3n) is 6.59. The second-order valence-corrected chi connectivity index (χ2v) is 12.7. The summed E-state index contributed by atoms with van der Waals surface area (Å²) < 4.78 is 11.4. The van der Waals surface area contributed by atoms with Gasteiger partial charge in [-0.1, -0.05) is 13.8 Å². The van der Waals surface area contributed by atoms with Crippen molar-refractivity contribution in [2.75, 3.05) is 26.3 Å². The smallest absolute Gasteiger partial charge is 0.167 e. The monoisotopic (exact) mass is 552 g/mol. The number of hydrogen-bond acceptors (Lipinski definition) is 6. The van der Waals surface area contributed by atoms with E-state index in [-0.39, 0.29) is 34.5 Å². The van der Waals surface area contributed by atoms with E-state index < -0.39 is 0 Å². The molecule has 0 aliphatic heterocycles. The molecule has 40 heavy (non-hydrogen) atoms. The van der Waals surface area contributed by atoms with Crippen molar-refractivity contribution in [3.05, 3.63) is 59.7 Å². The summed E-state index contributed by atoms with van der Waals surface area (Å²) in [4.78, 5) is 27.4. The molecule has 222 valence electrons. The lowest BCUT2D eigenvalue weighted by Gasteiger charge is -2.28. The van der Waals surface area contributed by atoms with Crippen LogP contribution in [0.1, 0.15) is 102 Å². The maximum atomic E-state index is 13.7. The van der Waals surface area contributed by atoms with Crippen molar-refractivity contribution < 1.29 is 19.1 Å². The van der Waals surface area contributed by atoms with E-state index >= 15 is 0 Å². The van der Waals surface area contributed by atoms with E-state index in [0.29, 0.717) is 50.3 Å². The molecule has 0 spiro atoms. The van der Waals surface area contributed by atoms with Crippen LogP contribution in [0.5, 0.6) is 11.5 Å². The van der Waals surface area contributed by atoms with Crippen LogP contribution in [0, 0.1) is 11.8 Å². The van der Waals surface area contributed by atoms with E-state index in [1.54, 1.807) is 0 Å². The van der Waals surface area contributed by atoms with Crippen molar-refractivity contribution in [2.45, 2.75) is 92.2 Å². The second kappa shape index (κ2) is 15.9. The van der Waals surface area contributed by atoms with Gasteiger partial charge in [-0.2, -0.15) is 0 Å². The fraction of sp³-hybridized carbons (Fsp3) is 0.588. The summed E-state index contributed by atoms with van der Waals surface area (Å²) in [7, 11) is 0. The predicted molar refractivity (Wildman–Crippen MR) is 165 cm³/mol. The lowest BCUT2D eigenvalue weighted by atomic mass is 9.85. The van der Waals surface area contributed by atoms with Gasteiger partial charge in [0.15, 0.2) is 11.6 Å². The van der Waals surface area contributed by atoms with Crippen molar-refractivity contribution >= 4 is 11.6 Å². The van der Waals surface area contributed by atoms with Gasteiger partial charge in [0.2, 0.25) is 0 Å². The van der Waals surface area contributed by atoms with E-state index in [2.05, 4.69) is 66.0 Å². The zero-order chi connectivity index (χ0) is 29.8. The maximum Gasteiger partial charge on any atom is 0.167 e. The van der Waals surface area contributed by atoms with Crippen LogP contribution in [-0.4, -0.2) is 48.9 Å². The highest BCUT2D eigenvalue weighted by Gasteiger charge is 2.27. The number of hydrogen-bond donors (Lipinski definition) is 2. The molecule has 6 heteroatoms. The Balaban J connectivity index is 2.22. The van der Waals surface area contributed by atoms with E-state index in [4.69, 9.17) is 9.47 Å². The summed E-state index contributed by atoms with van der Waals surface area (Å²) in [6.07, 6.45) is 3.08. The Hall–Kier alpha value is -2.70. The van der Waals surface area contributed by atoms with Gasteiger partial charge in [-0.15, -0.1) is 0 Å². The number of ketones is 2. The topological polar surface area (TPSA) is 76.7 Å². The summed E-state index contributed by atoms with van der Waals surface area (Å²) in [6, 6.07) is 14.9. The molecule has 0 amide bonds. The Labute approximate surface area is 242 Å². The second-order valence-electron chi connectivity index (χ2n) is 12.7. The third kappa shape index (κ3) is 12.2. The Morgan fingerprint density at radius 1 is 0.625 bits per heavy atom. The highest BCUT2D eigenvalue weighted by Crippen LogP contribution is 2.24. The molecule has 2 rings (SSSR count). The highest BCUT2D eigenvalue weighted by atomic mass is 16.5. The SMILES string of the molecule is CCCOc1ccc(C(=O)[C@H](CC[C@H](CNC(C)(C)C)C(=O)c2ccc(OCCC)cc2)CNC(C)(C)C)cc1. The normalized spacial score (nSPS) is 13.5. The first-order valence-electron chi connectivity index (χ1n) is 14.9. The maximum absolute atomic E-state index is 13.7. The summed E-state index contributed by atoms with van der Waals surface area (Å²) in [5.74, 6) is 1.21. The summed E-state index contributed by atoms with van der Waals surface area (Å²) >= 11 is 0. The van der Waals surface area contributed by atoms with Crippen LogP contribution < -0.4 is 20.1 Å². The number of Topliss-reactive ketones (excluding diaryl/α,β-unsaturated/α-hetero) is 2.